The Morgan fingerprint density at radius 1 is 1.27 bits per heavy atom. The molecule has 3 heterocycles. The quantitative estimate of drug-likeness (QED) is 0.529. The number of hydrogen-bond acceptors (Lipinski definition) is 5. The van der Waals surface area contributed by atoms with Crippen molar-refractivity contribution in [1.82, 2.24) is 14.6 Å². The first-order chi connectivity index (χ1) is 12.5. The van der Waals surface area contributed by atoms with Gasteiger partial charge in [-0.15, -0.1) is 0 Å². The minimum atomic E-state index is -0.387. The number of nitro benzene ring substituents is 1. The number of rotatable bonds is 3. The van der Waals surface area contributed by atoms with Gasteiger partial charge < -0.3 is 4.90 Å². The maximum absolute atomic E-state index is 11.1. The van der Waals surface area contributed by atoms with E-state index in [1.165, 1.54) is 18.9 Å². The Morgan fingerprint density at radius 2 is 2.12 bits per heavy atom. The van der Waals surface area contributed by atoms with Crippen molar-refractivity contribution in [1.29, 1.82) is 0 Å². The van der Waals surface area contributed by atoms with Crippen LogP contribution in [0.25, 0.3) is 16.9 Å². The number of benzene rings is 1. The van der Waals surface area contributed by atoms with Crippen molar-refractivity contribution in [3.63, 3.8) is 0 Å². The molecule has 4 rings (SSSR count). The summed E-state index contributed by atoms with van der Waals surface area (Å²) in [6.07, 6.45) is 2.42. The number of hydrogen-bond donors (Lipinski definition) is 0. The molecule has 1 aliphatic rings. The first-order valence-electron chi connectivity index (χ1n) is 8.88. The van der Waals surface area contributed by atoms with Gasteiger partial charge in [-0.05, 0) is 25.7 Å². The minimum Gasteiger partial charge on any atom is -0.356 e. The topological polar surface area (TPSA) is 76.6 Å². The fourth-order valence-corrected chi connectivity index (χ4v) is 3.62. The maximum Gasteiger partial charge on any atom is 0.270 e. The summed E-state index contributed by atoms with van der Waals surface area (Å²) in [4.78, 5) is 17.6. The molecule has 0 N–H and O–H groups in total. The van der Waals surface area contributed by atoms with E-state index in [2.05, 4.69) is 22.9 Å². The number of piperidine rings is 1. The van der Waals surface area contributed by atoms with E-state index in [0.717, 1.165) is 35.8 Å². The van der Waals surface area contributed by atoms with E-state index in [4.69, 9.17) is 5.10 Å². The lowest BCUT2D eigenvalue weighted by Crippen LogP contribution is -2.35. The highest BCUT2D eigenvalue weighted by molar-refractivity contribution is 5.68. The molecule has 3 aromatic rings. The lowest BCUT2D eigenvalue weighted by Gasteiger charge is -2.32. The second kappa shape index (κ2) is 6.40. The molecule has 0 unspecified atom stereocenters. The summed E-state index contributed by atoms with van der Waals surface area (Å²) in [7, 11) is 0. The zero-order valence-electron chi connectivity index (χ0n) is 14.9. The fraction of sp³-hybridized carbons (Fsp3) is 0.368. The van der Waals surface area contributed by atoms with Crippen LogP contribution in [0.1, 0.15) is 25.5 Å². The number of nitro groups is 1. The highest BCUT2D eigenvalue weighted by Gasteiger charge is 2.21. The Morgan fingerprint density at radius 3 is 2.88 bits per heavy atom. The summed E-state index contributed by atoms with van der Waals surface area (Å²) in [5.41, 5.74) is 3.18. The van der Waals surface area contributed by atoms with Gasteiger partial charge in [-0.2, -0.15) is 9.61 Å². The highest BCUT2D eigenvalue weighted by atomic mass is 16.6. The Kier molecular flexibility index (Phi) is 4.06. The Labute approximate surface area is 151 Å². The second-order valence-corrected chi connectivity index (χ2v) is 7.06. The van der Waals surface area contributed by atoms with Crippen LogP contribution in [-0.4, -0.2) is 32.6 Å². The van der Waals surface area contributed by atoms with Crippen molar-refractivity contribution < 1.29 is 4.92 Å². The van der Waals surface area contributed by atoms with Crippen molar-refractivity contribution >= 4 is 17.2 Å². The zero-order valence-corrected chi connectivity index (χ0v) is 14.9. The van der Waals surface area contributed by atoms with E-state index in [0.29, 0.717) is 11.6 Å². The van der Waals surface area contributed by atoms with Crippen LogP contribution < -0.4 is 4.90 Å². The van der Waals surface area contributed by atoms with Crippen molar-refractivity contribution in [2.45, 2.75) is 26.7 Å². The second-order valence-electron chi connectivity index (χ2n) is 7.06. The summed E-state index contributed by atoms with van der Waals surface area (Å²) >= 11 is 0. The van der Waals surface area contributed by atoms with E-state index >= 15 is 0 Å². The third kappa shape index (κ3) is 3.00. The van der Waals surface area contributed by atoms with E-state index < -0.39 is 0 Å². The number of anilines is 1. The molecule has 0 spiro atoms. The number of aryl methyl sites for hydroxylation is 1. The van der Waals surface area contributed by atoms with Crippen LogP contribution in [0.15, 0.2) is 36.4 Å². The number of non-ortho nitro benzene ring substituents is 1. The standard InChI is InChI=1S/C19H21N5O2/c1-13-5-4-8-22(12-13)19-9-14(2)20-18-11-17(21-23(18)19)15-6-3-7-16(10-15)24(25)26/h3,6-7,9-11,13H,4-5,8,12H2,1-2H3/t13-/m0/s1. The van der Waals surface area contributed by atoms with Crippen molar-refractivity contribution in [3.8, 4) is 11.3 Å². The highest BCUT2D eigenvalue weighted by Crippen LogP contribution is 2.28. The van der Waals surface area contributed by atoms with Crippen LogP contribution in [0.2, 0.25) is 0 Å². The third-order valence-electron chi connectivity index (χ3n) is 4.87. The summed E-state index contributed by atoms with van der Waals surface area (Å²) in [6.45, 7) is 6.27. The predicted octanol–water partition coefficient (Wildman–Crippen LogP) is 3.85. The molecule has 0 aliphatic carbocycles. The molecule has 1 aromatic carbocycles. The molecule has 0 radical (unpaired) electrons. The molecule has 1 aliphatic heterocycles. The van der Waals surface area contributed by atoms with Gasteiger partial charge in [0.25, 0.3) is 5.69 Å². The van der Waals surface area contributed by atoms with Crippen LogP contribution in [0, 0.1) is 23.0 Å². The predicted molar refractivity (Wildman–Crippen MR) is 100 cm³/mol. The summed E-state index contributed by atoms with van der Waals surface area (Å²) in [5, 5.41) is 15.8. The van der Waals surface area contributed by atoms with Gasteiger partial charge in [0.15, 0.2) is 5.65 Å². The molecule has 2 aromatic heterocycles. The molecular weight excluding hydrogens is 330 g/mol. The first-order valence-corrected chi connectivity index (χ1v) is 8.88. The number of fused-ring (bicyclic) bond motifs is 1. The van der Waals surface area contributed by atoms with Crippen LogP contribution in [0.4, 0.5) is 11.5 Å². The summed E-state index contributed by atoms with van der Waals surface area (Å²) in [6, 6.07) is 10.5. The Bertz CT molecular complexity index is 981. The maximum atomic E-state index is 11.1. The van der Waals surface area contributed by atoms with Crippen LogP contribution in [-0.2, 0) is 0 Å². The van der Waals surface area contributed by atoms with Crippen LogP contribution in [0.3, 0.4) is 0 Å². The zero-order chi connectivity index (χ0) is 18.3. The monoisotopic (exact) mass is 351 g/mol. The van der Waals surface area contributed by atoms with E-state index in [9.17, 15) is 10.1 Å². The van der Waals surface area contributed by atoms with E-state index in [-0.39, 0.29) is 10.6 Å². The van der Waals surface area contributed by atoms with Crippen LogP contribution >= 0.6 is 0 Å². The molecule has 0 saturated carbocycles. The fourth-order valence-electron chi connectivity index (χ4n) is 3.62. The number of nitrogens with zero attached hydrogens (tertiary/aromatic N) is 5. The average molecular weight is 351 g/mol. The molecule has 1 fully saturated rings. The SMILES string of the molecule is Cc1cc(N2CCC[C@H](C)C2)n2nc(-c3cccc([N+](=O)[O-])c3)cc2n1. The molecule has 7 nitrogen and oxygen atoms in total. The van der Waals surface area contributed by atoms with Gasteiger partial charge >= 0.3 is 0 Å². The van der Waals surface area contributed by atoms with Gasteiger partial charge in [-0.1, -0.05) is 19.1 Å². The Balaban J connectivity index is 1.81. The van der Waals surface area contributed by atoms with Crippen molar-refractivity contribution in [2.75, 3.05) is 18.0 Å². The number of aromatic nitrogens is 3. The normalized spacial score (nSPS) is 17.6. The molecule has 0 amide bonds. The van der Waals surface area contributed by atoms with Crippen molar-refractivity contribution in [2.24, 2.45) is 5.92 Å². The molecule has 1 atom stereocenters. The van der Waals surface area contributed by atoms with Crippen molar-refractivity contribution in [3.05, 3.63) is 52.2 Å². The third-order valence-corrected chi connectivity index (χ3v) is 4.87. The summed E-state index contributed by atoms with van der Waals surface area (Å²) < 4.78 is 1.86. The minimum absolute atomic E-state index is 0.0637. The van der Waals surface area contributed by atoms with Gasteiger partial charge in [0.05, 0.1) is 10.6 Å². The van der Waals surface area contributed by atoms with Gasteiger partial charge in [-0.3, -0.25) is 10.1 Å². The molecule has 26 heavy (non-hydrogen) atoms. The summed E-state index contributed by atoms with van der Waals surface area (Å²) in [5.74, 6) is 1.69. The lowest BCUT2D eigenvalue weighted by molar-refractivity contribution is -0.384. The van der Waals surface area contributed by atoms with Gasteiger partial charge in [0.1, 0.15) is 5.82 Å². The molecular formula is C19H21N5O2. The smallest absolute Gasteiger partial charge is 0.270 e. The van der Waals surface area contributed by atoms with E-state index in [1.54, 1.807) is 12.1 Å². The Hall–Kier alpha value is -2.96. The molecule has 1 saturated heterocycles. The van der Waals surface area contributed by atoms with Crippen LogP contribution in [0.5, 0.6) is 0 Å². The first kappa shape index (κ1) is 16.5. The van der Waals surface area contributed by atoms with E-state index in [1.807, 2.05) is 23.6 Å². The molecule has 0 bridgehead atoms. The van der Waals surface area contributed by atoms with Gasteiger partial charge in [-0.25, -0.2) is 4.98 Å². The van der Waals surface area contributed by atoms with Gasteiger partial charge in [0, 0.05) is 48.6 Å². The molecule has 134 valence electrons. The average Bonchev–Trinajstić information content (AvgIpc) is 3.05. The van der Waals surface area contributed by atoms with Gasteiger partial charge in [0.2, 0.25) is 0 Å². The largest absolute Gasteiger partial charge is 0.356 e. The lowest BCUT2D eigenvalue weighted by atomic mass is 10.0. The molecule has 7 heteroatoms.